The van der Waals surface area contributed by atoms with E-state index in [4.69, 9.17) is 5.73 Å². The van der Waals surface area contributed by atoms with E-state index in [1.807, 2.05) is 24.3 Å². The minimum absolute atomic E-state index is 0.0481. The first-order chi connectivity index (χ1) is 23.5. The maximum Gasteiger partial charge on any atom is 0.105 e. The van der Waals surface area contributed by atoms with E-state index in [1.165, 1.54) is 33.4 Å². The van der Waals surface area contributed by atoms with Crippen molar-refractivity contribution < 1.29 is 0 Å². The van der Waals surface area contributed by atoms with Crippen LogP contribution in [0, 0.1) is 0 Å². The van der Waals surface area contributed by atoms with Crippen molar-refractivity contribution in [2.75, 3.05) is 4.90 Å². The van der Waals surface area contributed by atoms with Crippen molar-refractivity contribution in [3.8, 4) is 22.3 Å². The number of hydrogen-bond acceptors (Lipinski definition) is 3. The van der Waals surface area contributed by atoms with Crippen LogP contribution in [0.1, 0.15) is 53.4 Å². The largest absolute Gasteiger partial charge is 0.321 e. The van der Waals surface area contributed by atoms with Gasteiger partial charge in [-0.05, 0) is 86.0 Å². The van der Waals surface area contributed by atoms with E-state index in [1.54, 1.807) is 0 Å². The van der Waals surface area contributed by atoms with E-state index in [-0.39, 0.29) is 17.7 Å². The molecule has 1 heterocycles. The fraction of sp³-hybridized carbons (Fsp3) is 0.111. The molecule has 3 nitrogen and oxygen atoms in total. The zero-order valence-electron chi connectivity index (χ0n) is 27.3. The summed E-state index contributed by atoms with van der Waals surface area (Å²) < 4.78 is 0. The Labute approximate surface area is 283 Å². The van der Waals surface area contributed by atoms with Gasteiger partial charge in [0.1, 0.15) is 6.17 Å². The molecular formula is C45H39N3. The van der Waals surface area contributed by atoms with Gasteiger partial charge in [-0.3, -0.25) is 5.32 Å². The van der Waals surface area contributed by atoms with Crippen molar-refractivity contribution in [3.63, 3.8) is 0 Å². The lowest BCUT2D eigenvalue weighted by molar-refractivity contribution is 0.499. The number of anilines is 2. The standard InChI is InChI=1S/C45H39N3/c1-45(2)39-19-11-10-18-37(39)38-26-24-35(30-40(38)45)34-25-27-42-36(29-34)23-22-32-15-9-12-20-41(32)48(42)43(28-21-31-13-5-3-6-14-31)47-44(46)33-16-7-4-8-17-33/h3-30,43-44,47H,46H2,1-2H3/b28-21+. The summed E-state index contributed by atoms with van der Waals surface area (Å²) in [6, 6.07) is 51.9. The fourth-order valence-corrected chi connectivity index (χ4v) is 7.35. The Morgan fingerprint density at radius 3 is 2.06 bits per heavy atom. The molecule has 1 aliphatic heterocycles. The van der Waals surface area contributed by atoms with Gasteiger partial charge < -0.3 is 10.6 Å². The minimum atomic E-state index is -0.374. The van der Waals surface area contributed by atoms with E-state index < -0.39 is 0 Å². The molecule has 0 bridgehead atoms. The quantitative estimate of drug-likeness (QED) is 0.174. The summed E-state index contributed by atoms with van der Waals surface area (Å²) in [4.78, 5) is 2.39. The highest BCUT2D eigenvalue weighted by atomic mass is 15.3. The van der Waals surface area contributed by atoms with Gasteiger partial charge in [-0.15, -0.1) is 0 Å². The molecule has 0 radical (unpaired) electrons. The SMILES string of the molecule is CC1(C)c2ccccc2-c2ccc(-c3ccc4c(c3)C=Cc3ccccc3N4C(/C=C/c3ccccc3)NC(N)c3ccccc3)cc21. The van der Waals surface area contributed by atoms with Crippen LogP contribution in [-0.4, -0.2) is 6.17 Å². The lowest BCUT2D eigenvalue weighted by Gasteiger charge is -2.36. The van der Waals surface area contributed by atoms with Gasteiger partial charge in [0.2, 0.25) is 0 Å². The predicted molar refractivity (Wildman–Crippen MR) is 203 cm³/mol. The zero-order chi connectivity index (χ0) is 32.7. The molecule has 2 aliphatic rings. The van der Waals surface area contributed by atoms with E-state index in [0.717, 1.165) is 33.6 Å². The number of nitrogens with two attached hydrogens (primary N) is 1. The number of para-hydroxylation sites is 1. The first-order valence-corrected chi connectivity index (χ1v) is 16.7. The Kier molecular flexibility index (Phi) is 7.64. The summed E-state index contributed by atoms with van der Waals surface area (Å²) in [5.74, 6) is 0. The molecule has 2 atom stereocenters. The van der Waals surface area contributed by atoms with Crippen LogP contribution in [0.15, 0.2) is 152 Å². The first-order valence-electron chi connectivity index (χ1n) is 16.7. The van der Waals surface area contributed by atoms with E-state index in [2.05, 4.69) is 170 Å². The Bertz CT molecular complexity index is 2160. The van der Waals surface area contributed by atoms with Gasteiger partial charge in [0.25, 0.3) is 0 Å². The number of nitrogens with one attached hydrogen (secondary N) is 1. The summed E-state index contributed by atoms with van der Waals surface area (Å²) >= 11 is 0. The van der Waals surface area contributed by atoms with Crippen molar-refractivity contribution in [1.82, 2.24) is 5.32 Å². The number of hydrogen-bond donors (Lipinski definition) is 2. The summed E-state index contributed by atoms with van der Waals surface area (Å²) in [6.07, 6.45) is 8.26. The molecule has 48 heavy (non-hydrogen) atoms. The van der Waals surface area contributed by atoms with Gasteiger partial charge >= 0.3 is 0 Å². The fourth-order valence-electron chi connectivity index (χ4n) is 7.35. The van der Waals surface area contributed by atoms with Crippen LogP contribution in [0.25, 0.3) is 40.5 Å². The molecule has 8 rings (SSSR count). The van der Waals surface area contributed by atoms with Crippen molar-refractivity contribution in [1.29, 1.82) is 0 Å². The molecule has 2 unspecified atom stereocenters. The molecule has 6 aromatic carbocycles. The number of rotatable bonds is 7. The number of nitrogens with zero attached hydrogens (tertiary/aromatic N) is 1. The van der Waals surface area contributed by atoms with Crippen LogP contribution < -0.4 is 16.0 Å². The lowest BCUT2D eigenvalue weighted by atomic mass is 9.81. The van der Waals surface area contributed by atoms with Crippen LogP contribution in [0.5, 0.6) is 0 Å². The molecule has 0 fully saturated rings. The highest BCUT2D eigenvalue weighted by Gasteiger charge is 2.35. The molecule has 0 saturated carbocycles. The highest BCUT2D eigenvalue weighted by molar-refractivity contribution is 5.91. The lowest BCUT2D eigenvalue weighted by Crippen LogP contribution is -2.46. The van der Waals surface area contributed by atoms with Crippen molar-refractivity contribution in [3.05, 3.63) is 185 Å². The smallest absolute Gasteiger partial charge is 0.105 e. The maximum atomic E-state index is 6.86. The van der Waals surface area contributed by atoms with Gasteiger partial charge in [0, 0.05) is 5.41 Å². The molecule has 3 N–H and O–H groups in total. The van der Waals surface area contributed by atoms with Crippen LogP contribution in [0.3, 0.4) is 0 Å². The average Bonchev–Trinajstić information content (AvgIpc) is 3.25. The Morgan fingerprint density at radius 1 is 0.604 bits per heavy atom. The van der Waals surface area contributed by atoms with Crippen molar-refractivity contribution in [2.24, 2.45) is 5.73 Å². The Balaban J connectivity index is 1.23. The second-order valence-electron chi connectivity index (χ2n) is 13.2. The molecule has 1 aliphatic carbocycles. The topological polar surface area (TPSA) is 41.3 Å². The van der Waals surface area contributed by atoms with Crippen molar-refractivity contribution >= 4 is 29.6 Å². The zero-order valence-corrected chi connectivity index (χ0v) is 27.3. The molecule has 0 aromatic heterocycles. The van der Waals surface area contributed by atoms with E-state index >= 15 is 0 Å². The minimum Gasteiger partial charge on any atom is -0.321 e. The summed E-state index contributed by atoms with van der Waals surface area (Å²) in [5.41, 5.74) is 21.4. The van der Waals surface area contributed by atoms with Crippen LogP contribution in [0.4, 0.5) is 11.4 Å². The summed E-state index contributed by atoms with van der Waals surface area (Å²) in [7, 11) is 0. The van der Waals surface area contributed by atoms with Crippen LogP contribution in [-0.2, 0) is 5.41 Å². The van der Waals surface area contributed by atoms with Gasteiger partial charge in [-0.1, -0.05) is 153 Å². The van der Waals surface area contributed by atoms with E-state index in [9.17, 15) is 0 Å². The third-order valence-electron chi connectivity index (χ3n) is 9.90. The monoisotopic (exact) mass is 621 g/mol. The molecule has 6 aromatic rings. The van der Waals surface area contributed by atoms with Gasteiger partial charge in [-0.2, -0.15) is 0 Å². The summed E-state index contributed by atoms with van der Waals surface area (Å²) in [6.45, 7) is 4.68. The van der Waals surface area contributed by atoms with Crippen molar-refractivity contribution in [2.45, 2.75) is 31.6 Å². The second kappa shape index (κ2) is 12.3. The third-order valence-corrected chi connectivity index (χ3v) is 9.90. The number of benzene rings is 6. The Hall–Kier alpha value is -5.48. The normalized spacial score (nSPS) is 15.3. The number of fused-ring (bicyclic) bond motifs is 5. The molecule has 3 heteroatoms. The van der Waals surface area contributed by atoms with Gasteiger partial charge in [-0.25, -0.2) is 0 Å². The molecule has 0 saturated heterocycles. The molecule has 234 valence electrons. The second-order valence-corrected chi connectivity index (χ2v) is 13.2. The van der Waals surface area contributed by atoms with Gasteiger partial charge in [0.05, 0.1) is 17.5 Å². The highest BCUT2D eigenvalue weighted by Crippen LogP contribution is 2.50. The first kappa shape index (κ1) is 29.9. The maximum absolute atomic E-state index is 6.86. The van der Waals surface area contributed by atoms with Crippen LogP contribution >= 0.6 is 0 Å². The molecular weight excluding hydrogens is 583 g/mol. The predicted octanol–water partition coefficient (Wildman–Crippen LogP) is 10.6. The van der Waals surface area contributed by atoms with E-state index in [0.29, 0.717) is 0 Å². The summed E-state index contributed by atoms with van der Waals surface area (Å²) in [5, 5.41) is 3.76. The third kappa shape index (κ3) is 5.37. The van der Waals surface area contributed by atoms with Crippen LogP contribution in [0.2, 0.25) is 0 Å². The average molecular weight is 622 g/mol. The molecule has 0 spiro atoms. The molecule has 0 amide bonds. The Morgan fingerprint density at radius 2 is 1.23 bits per heavy atom. The van der Waals surface area contributed by atoms with Gasteiger partial charge in [0.15, 0.2) is 0 Å².